The zero-order chi connectivity index (χ0) is 14.3. The quantitative estimate of drug-likeness (QED) is 0.171. The van der Waals surface area contributed by atoms with E-state index >= 15 is 0 Å². The standard InChI is InChI=1S/C13H22INO4/c1-2-3-4-5-8-15(12-16)9-11-18-13(17)7-6-10-19-14/h6-7,12H,2-5,8-11H2,1H3/b7-6+. The number of hydrogen-bond acceptors (Lipinski definition) is 4. The Morgan fingerprint density at radius 3 is 2.68 bits per heavy atom. The fraction of sp³-hybridized carbons (Fsp3) is 0.692. The van der Waals surface area contributed by atoms with Gasteiger partial charge in [0.2, 0.25) is 6.41 Å². The van der Waals surface area contributed by atoms with Crippen molar-refractivity contribution < 1.29 is 17.4 Å². The van der Waals surface area contributed by atoms with E-state index in [2.05, 4.69) is 6.92 Å². The van der Waals surface area contributed by atoms with E-state index in [1.165, 1.54) is 18.9 Å². The van der Waals surface area contributed by atoms with E-state index in [1.54, 1.807) is 34.0 Å². The van der Waals surface area contributed by atoms with E-state index in [0.29, 0.717) is 13.2 Å². The van der Waals surface area contributed by atoms with Crippen LogP contribution in [0.1, 0.15) is 32.6 Å². The molecular weight excluding hydrogens is 361 g/mol. The number of unbranched alkanes of at least 4 members (excludes halogenated alkanes) is 3. The van der Waals surface area contributed by atoms with Crippen molar-refractivity contribution in [1.82, 2.24) is 4.90 Å². The van der Waals surface area contributed by atoms with Crippen LogP contribution in [0.4, 0.5) is 0 Å². The summed E-state index contributed by atoms with van der Waals surface area (Å²) in [6.07, 6.45) is 8.19. The van der Waals surface area contributed by atoms with Crippen LogP contribution in [0, 0.1) is 0 Å². The molecule has 0 N–H and O–H groups in total. The maximum atomic E-state index is 11.2. The Bertz CT molecular complexity index is 271. The molecule has 0 radical (unpaired) electrons. The molecule has 1 amide bonds. The average Bonchev–Trinajstić information content (AvgIpc) is 2.41. The van der Waals surface area contributed by atoms with Crippen LogP contribution >= 0.6 is 23.0 Å². The Hall–Kier alpha value is -0.630. The van der Waals surface area contributed by atoms with Crippen molar-refractivity contribution >= 4 is 35.4 Å². The molecule has 0 heterocycles. The topological polar surface area (TPSA) is 55.8 Å². The lowest BCUT2D eigenvalue weighted by molar-refractivity contribution is -0.139. The molecule has 0 aliphatic heterocycles. The van der Waals surface area contributed by atoms with E-state index in [9.17, 15) is 9.59 Å². The van der Waals surface area contributed by atoms with Crippen LogP contribution in [-0.2, 0) is 17.4 Å². The lowest BCUT2D eigenvalue weighted by Gasteiger charge is -2.16. The average molecular weight is 383 g/mol. The highest BCUT2D eigenvalue weighted by Gasteiger charge is 2.03. The summed E-state index contributed by atoms with van der Waals surface area (Å²) in [4.78, 5) is 23.7. The molecule has 19 heavy (non-hydrogen) atoms. The maximum absolute atomic E-state index is 11.2. The highest BCUT2D eigenvalue weighted by molar-refractivity contribution is 14.1. The smallest absolute Gasteiger partial charge is 0.330 e. The fourth-order valence-corrected chi connectivity index (χ4v) is 1.66. The third-order valence-corrected chi connectivity index (χ3v) is 2.84. The van der Waals surface area contributed by atoms with Crippen LogP contribution in [0.2, 0.25) is 0 Å². The first-order valence-corrected chi connectivity index (χ1v) is 7.38. The van der Waals surface area contributed by atoms with Crippen molar-refractivity contribution in [3.63, 3.8) is 0 Å². The Balaban J connectivity index is 3.65. The first kappa shape index (κ1) is 18.4. The normalized spacial score (nSPS) is 10.6. The molecule has 0 saturated carbocycles. The first-order valence-electron chi connectivity index (χ1n) is 6.50. The van der Waals surface area contributed by atoms with E-state index < -0.39 is 5.97 Å². The van der Waals surface area contributed by atoms with Gasteiger partial charge in [-0.05, 0) is 6.42 Å². The predicted molar refractivity (Wildman–Crippen MR) is 81.9 cm³/mol. The summed E-state index contributed by atoms with van der Waals surface area (Å²) in [7, 11) is 0. The monoisotopic (exact) mass is 383 g/mol. The molecule has 0 unspecified atom stereocenters. The third kappa shape index (κ3) is 12.2. The summed E-state index contributed by atoms with van der Waals surface area (Å²) in [5.41, 5.74) is 0. The van der Waals surface area contributed by atoms with Gasteiger partial charge in [-0.3, -0.25) is 4.79 Å². The number of nitrogens with zero attached hydrogens (tertiary/aromatic N) is 1. The molecule has 0 aromatic rings. The molecule has 0 atom stereocenters. The lowest BCUT2D eigenvalue weighted by Crippen LogP contribution is -2.28. The van der Waals surface area contributed by atoms with Gasteiger partial charge >= 0.3 is 5.97 Å². The summed E-state index contributed by atoms with van der Waals surface area (Å²) in [6.45, 7) is 3.90. The third-order valence-electron chi connectivity index (χ3n) is 2.48. The van der Waals surface area contributed by atoms with Crippen molar-refractivity contribution in [2.45, 2.75) is 32.6 Å². The highest BCUT2D eigenvalue weighted by atomic mass is 127. The van der Waals surface area contributed by atoms with Gasteiger partial charge in [0, 0.05) is 12.6 Å². The van der Waals surface area contributed by atoms with Gasteiger partial charge in [-0.2, -0.15) is 0 Å². The van der Waals surface area contributed by atoms with Crippen LogP contribution in [-0.4, -0.2) is 43.6 Å². The number of halogens is 1. The molecule has 0 rings (SSSR count). The van der Waals surface area contributed by atoms with Crippen molar-refractivity contribution in [2.24, 2.45) is 0 Å². The summed E-state index contributed by atoms with van der Waals surface area (Å²) in [5, 5.41) is 0. The summed E-state index contributed by atoms with van der Waals surface area (Å²) < 4.78 is 9.70. The second-order valence-corrected chi connectivity index (χ2v) is 4.67. The molecule has 0 aromatic carbocycles. The van der Waals surface area contributed by atoms with Gasteiger partial charge in [0.25, 0.3) is 0 Å². The van der Waals surface area contributed by atoms with Crippen LogP contribution in [0.25, 0.3) is 0 Å². The number of carbonyl (C=O) groups excluding carboxylic acids is 2. The van der Waals surface area contributed by atoms with Crippen LogP contribution in [0.15, 0.2) is 12.2 Å². The van der Waals surface area contributed by atoms with Crippen molar-refractivity contribution in [1.29, 1.82) is 0 Å². The minimum atomic E-state index is -0.412. The second-order valence-electron chi connectivity index (χ2n) is 4.05. The molecule has 0 fully saturated rings. The predicted octanol–water partition coefficient (Wildman–Crippen LogP) is 2.49. The molecule has 0 aliphatic rings. The summed E-state index contributed by atoms with van der Waals surface area (Å²) in [5.74, 6) is -0.412. The molecule has 0 aromatic heterocycles. The van der Waals surface area contributed by atoms with Crippen molar-refractivity contribution in [2.75, 3.05) is 26.3 Å². The molecule has 6 heteroatoms. The molecule has 0 aliphatic carbocycles. The van der Waals surface area contributed by atoms with E-state index in [1.807, 2.05) is 0 Å². The highest BCUT2D eigenvalue weighted by Crippen LogP contribution is 2.00. The van der Waals surface area contributed by atoms with E-state index in [0.717, 1.165) is 25.8 Å². The van der Waals surface area contributed by atoms with Gasteiger partial charge < -0.3 is 12.7 Å². The minimum absolute atomic E-state index is 0.223. The summed E-state index contributed by atoms with van der Waals surface area (Å²) in [6, 6.07) is 0. The Morgan fingerprint density at radius 1 is 1.26 bits per heavy atom. The number of hydrogen-bond donors (Lipinski definition) is 0. The van der Waals surface area contributed by atoms with Gasteiger partial charge in [-0.25, -0.2) is 4.79 Å². The van der Waals surface area contributed by atoms with Gasteiger partial charge in [-0.15, -0.1) is 0 Å². The lowest BCUT2D eigenvalue weighted by atomic mass is 10.2. The van der Waals surface area contributed by atoms with E-state index in [-0.39, 0.29) is 6.61 Å². The minimum Gasteiger partial charge on any atom is -0.461 e. The Kier molecular flexibility index (Phi) is 13.3. The van der Waals surface area contributed by atoms with Crippen LogP contribution < -0.4 is 0 Å². The van der Waals surface area contributed by atoms with Gasteiger partial charge in [0.15, 0.2) is 0 Å². The van der Waals surface area contributed by atoms with Gasteiger partial charge in [-0.1, -0.05) is 32.3 Å². The number of rotatable bonds is 12. The molecule has 0 saturated heterocycles. The SMILES string of the molecule is CCCCCCN(C=O)CCOC(=O)/C=C/COI. The number of esters is 1. The molecule has 110 valence electrons. The maximum Gasteiger partial charge on any atom is 0.330 e. The number of ether oxygens (including phenoxy) is 1. The largest absolute Gasteiger partial charge is 0.461 e. The van der Waals surface area contributed by atoms with Crippen molar-refractivity contribution in [3.05, 3.63) is 12.2 Å². The molecular formula is C13H22INO4. The zero-order valence-corrected chi connectivity index (χ0v) is 13.5. The number of carbonyl (C=O) groups is 2. The molecule has 0 bridgehead atoms. The molecule has 5 nitrogen and oxygen atoms in total. The Morgan fingerprint density at radius 2 is 2.05 bits per heavy atom. The zero-order valence-electron chi connectivity index (χ0n) is 11.3. The van der Waals surface area contributed by atoms with Gasteiger partial charge in [0.1, 0.15) is 29.6 Å². The first-order chi connectivity index (χ1) is 9.24. The summed E-state index contributed by atoms with van der Waals surface area (Å²) >= 11 is 1.75. The van der Waals surface area contributed by atoms with Crippen molar-refractivity contribution in [3.8, 4) is 0 Å². The van der Waals surface area contributed by atoms with Gasteiger partial charge in [0.05, 0.1) is 13.2 Å². The Labute approximate surface area is 129 Å². The molecule has 0 spiro atoms. The second kappa shape index (κ2) is 13.8. The number of amides is 1. The van der Waals surface area contributed by atoms with Crippen LogP contribution in [0.3, 0.4) is 0 Å². The van der Waals surface area contributed by atoms with Crippen LogP contribution in [0.5, 0.6) is 0 Å². The fourth-order valence-electron chi connectivity index (χ4n) is 1.45. The van der Waals surface area contributed by atoms with E-state index in [4.69, 9.17) is 7.80 Å².